The number of likely N-dealkylation sites (tertiary alicyclic amines) is 1. The molecule has 0 saturated carbocycles. The molecule has 4 nitrogen and oxygen atoms in total. The molecule has 1 N–H and O–H groups in total. The zero-order chi connectivity index (χ0) is 19.3. The number of nitrogens with zero attached hydrogens (tertiary/aromatic N) is 1. The molecular formula is C24H22N2O2. The number of nitrogens with one attached hydrogen (secondary N) is 1. The van der Waals surface area contributed by atoms with Gasteiger partial charge in [-0.05, 0) is 54.3 Å². The van der Waals surface area contributed by atoms with Gasteiger partial charge in [-0.2, -0.15) is 0 Å². The summed E-state index contributed by atoms with van der Waals surface area (Å²) in [5, 5.41) is 2.89. The Hall–Kier alpha value is -3.40. The molecule has 1 saturated heterocycles. The lowest BCUT2D eigenvalue weighted by molar-refractivity contribution is 0.0792. The Balaban J connectivity index is 1.46. The van der Waals surface area contributed by atoms with Crippen LogP contribution in [0.5, 0.6) is 0 Å². The molecule has 0 atom stereocenters. The number of carbonyl (C=O) groups is 2. The van der Waals surface area contributed by atoms with Gasteiger partial charge in [-0.15, -0.1) is 0 Å². The summed E-state index contributed by atoms with van der Waals surface area (Å²) in [5.74, 6) is -0.161. The van der Waals surface area contributed by atoms with Gasteiger partial charge in [0.2, 0.25) is 0 Å². The van der Waals surface area contributed by atoms with Gasteiger partial charge in [-0.25, -0.2) is 0 Å². The summed E-state index contributed by atoms with van der Waals surface area (Å²) in [7, 11) is 0. The SMILES string of the molecule is O=C(Nc1cccc(C(=O)N2CCCC2)c1)c1ccc(-c2ccccc2)cc1. The molecule has 1 heterocycles. The van der Waals surface area contributed by atoms with Crippen LogP contribution in [0.25, 0.3) is 11.1 Å². The van der Waals surface area contributed by atoms with Gasteiger partial charge in [-0.3, -0.25) is 9.59 Å². The maximum absolute atomic E-state index is 12.6. The fraction of sp³-hybridized carbons (Fsp3) is 0.167. The average molecular weight is 370 g/mol. The quantitative estimate of drug-likeness (QED) is 0.714. The second-order valence-corrected chi connectivity index (χ2v) is 6.98. The zero-order valence-electron chi connectivity index (χ0n) is 15.6. The van der Waals surface area contributed by atoms with Crippen LogP contribution >= 0.6 is 0 Å². The van der Waals surface area contributed by atoms with E-state index in [2.05, 4.69) is 5.32 Å². The number of hydrogen-bond acceptors (Lipinski definition) is 2. The molecule has 3 aromatic carbocycles. The molecule has 0 unspecified atom stereocenters. The third-order valence-electron chi connectivity index (χ3n) is 5.01. The molecule has 0 aromatic heterocycles. The van der Waals surface area contributed by atoms with Crippen molar-refractivity contribution in [2.24, 2.45) is 0 Å². The molecule has 0 aliphatic carbocycles. The van der Waals surface area contributed by atoms with E-state index in [4.69, 9.17) is 0 Å². The van der Waals surface area contributed by atoms with Crippen molar-refractivity contribution in [2.45, 2.75) is 12.8 Å². The minimum atomic E-state index is -0.189. The molecule has 2 amide bonds. The third-order valence-corrected chi connectivity index (χ3v) is 5.01. The van der Waals surface area contributed by atoms with Crippen LogP contribution in [0.1, 0.15) is 33.6 Å². The number of anilines is 1. The van der Waals surface area contributed by atoms with Gasteiger partial charge in [0.05, 0.1) is 0 Å². The average Bonchev–Trinajstić information content (AvgIpc) is 3.29. The fourth-order valence-corrected chi connectivity index (χ4v) is 3.48. The lowest BCUT2D eigenvalue weighted by Gasteiger charge is -2.15. The van der Waals surface area contributed by atoms with Crippen molar-refractivity contribution in [3.05, 3.63) is 90.0 Å². The summed E-state index contributed by atoms with van der Waals surface area (Å²) in [6.45, 7) is 1.62. The first-order valence-corrected chi connectivity index (χ1v) is 9.57. The van der Waals surface area contributed by atoms with E-state index in [1.54, 1.807) is 24.3 Å². The number of amides is 2. The standard InChI is InChI=1S/C24H22N2O2/c27-23(20-13-11-19(12-14-20)18-7-2-1-3-8-18)25-22-10-6-9-21(17-22)24(28)26-15-4-5-16-26/h1-3,6-14,17H,4-5,15-16H2,(H,25,27). The summed E-state index contributed by atoms with van der Waals surface area (Å²) in [5.41, 5.74) is 4.00. The third kappa shape index (κ3) is 3.96. The first-order chi connectivity index (χ1) is 13.7. The van der Waals surface area contributed by atoms with Crippen molar-refractivity contribution >= 4 is 17.5 Å². The molecule has 3 aromatic rings. The largest absolute Gasteiger partial charge is 0.339 e. The maximum atomic E-state index is 12.6. The summed E-state index contributed by atoms with van der Waals surface area (Å²) in [4.78, 5) is 27.0. The summed E-state index contributed by atoms with van der Waals surface area (Å²) in [6.07, 6.45) is 2.11. The molecule has 28 heavy (non-hydrogen) atoms. The van der Waals surface area contributed by atoms with Crippen LogP contribution in [-0.2, 0) is 0 Å². The first-order valence-electron chi connectivity index (χ1n) is 9.57. The topological polar surface area (TPSA) is 49.4 Å². The van der Waals surface area contributed by atoms with Crippen LogP contribution in [0.15, 0.2) is 78.9 Å². The Labute approximate surface area is 164 Å². The van der Waals surface area contributed by atoms with Crippen LogP contribution < -0.4 is 5.32 Å². The second kappa shape index (κ2) is 8.09. The van der Waals surface area contributed by atoms with Gasteiger partial charge < -0.3 is 10.2 Å². The Bertz CT molecular complexity index is 975. The highest BCUT2D eigenvalue weighted by molar-refractivity contribution is 6.05. The smallest absolute Gasteiger partial charge is 0.255 e. The van der Waals surface area contributed by atoms with E-state index in [9.17, 15) is 9.59 Å². The summed E-state index contributed by atoms with van der Waals surface area (Å²) >= 11 is 0. The van der Waals surface area contributed by atoms with Crippen molar-refractivity contribution < 1.29 is 9.59 Å². The molecule has 4 heteroatoms. The first kappa shape index (κ1) is 18.0. The molecule has 0 bridgehead atoms. The number of carbonyl (C=O) groups excluding carboxylic acids is 2. The molecular weight excluding hydrogens is 348 g/mol. The summed E-state index contributed by atoms with van der Waals surface area (Å²) in [6, 6.07) is 24.7. The Morgan fingerprint density at radius 3 is 2.11 bits per heavy atom. The van der Waals surface area contributed by atoms with Gasteiger partial charge in [0.1, 0.15) is 0 Å². The van der Waals surface area contributed by atoms with Crippen molar-refractivity contribution in [1.29, 1.82) is 0 Å². The van der Waals surface area contributed by atoms with Crippen LogP contribution in [0, 0.1) is 0 Å². The molecule has 1 aliphatic heterocycles. The predicted octanol–water partition coefficient (Wildman–Crippen LogP) is 4.84. The molecule has 140 valence electrons. The fourth-order valence-electron chi connectivity index (χ4n) is 3.48. The maximum Gasteiger partial charge on any atom is 0.255 e. The van der Waals surface area contributed by atoms with Crippen molar-refractivity contribution in [1.82, 2.24) is 4.90 Å². The highest BCUT2D eigenvalue weighted by Crippen LogP contribution is 2.20. The van der Waals surface area contributed by atoms with E-state index in [1.165, 1.54) is 0 Å². The van der Waals surface area contributed by atoms with Crippen molar-refractivity contribution in [3.63, 3.8) is 0 Å². The van der Waals surface area contributed by atoms with Crippen molar-refractivity contribution in [2.75, 3.05) is 18.4 Å². The number of hydrogen-bond donors (Lipinski definition) is 1. The molecule has 0 radical (unpaired) electrons. The van der Waals surface area contributed by atoms with E-state index < -0.39 is 0 Å². The van der Waals surface area contributed by atoms with Gasteiger partial charge in [-0.1, -0.05) is 48.5 Å². The zero-order valence-corrected chi connectivity index (χ0v) is 15.6. The molecule has 4 rings (SSSR count). The monoisotopic (exact) mass is 370 g/mol. The van der Waals surface area contributed by atoms with E-state index in [-0.39, 0.29) is 11.8 Å². The van der Waals surface area contributed by atoms with Crippen LogP contribution in [0.2, 0.25) is 0 Å². The van der Waals surface area contributed by atoms with Crippen LogP contribution in [0.4, 0.5) is 5.69 Å². The predicted molar refractivity (Wildman–Crippen MR) is 111 cm³/mol. The second-order valence-electron chi connectivity index (χ2n) is 6.98. The van der Waals surface area contributed by atoms with E-state index in [1.807, 2.05) is 59.5 Å². The molecule has 0 spiro atoms. The molecule has 1 aliphatic rings. The van der Waals surface area contributed by atoms with Gasteiger partial charge in [0, 0.05) is 29.9 Å². The van der Waals surface area contributed by atoms with Crippen molar-refractivity contribution in [3.8, 4) is 11.1 Å². The van der Waals surface area contributed by atoms with Gasteiger partial charge in [0.25, 0.3) is 11.8 Å². The Morgan fingerprint density at radius 1 is 0.714 bits per heavy atom. The highest BCUT2D eigenvalue weighted by Gasteiger charge is 2.19. The van der Waals surface area contributed by atoms with E-state index >= 15 is 0 Å². The number of rotatable bonds is 4. The normalized spacial score (nSPS) is 13.4. The highest BCUT2D eigenvalue weighted by atomic mass is 16.2. The minimum absolute atomic E-state index is 0.0285. The van der Waals surface area contributed by atoms with Gasteiger partial charge in [0.15, 0.2) is 0 Å². The molecule has 1 fully saturated rings. The van der Waals surface area contributed by atoms with E-state index in [0.29, 0.717) is 16.8 Å². The van der Waals surface area contributed by atoms with Crippen LogP contribution in [-0.4, -0.2) is 29.8 Å². The Morgan fingerprint density at radius 2 is 1.39 bits per heavy atom. The van der Waals surface area contributed by atoms with Gasteiger partial charge >= 0.3 is 0 Å². The lowest BCUT2D eigenvalue weighted by atomic mass is 10.0. The summed E-state index contributed by atoms with van der Waals surface area (Å²) < 4.78 is 0. The minimum Gasteiger partial charge on any atom is -0.339 e. The van der Waals surface area contributed by atoms with Crippen LogP contribution in [0.3, 0.4) is 0 Å². The number of benzene rings is 3. The van der Waals surface area contributed by atoms with E-state index in [0.717, 1.165) is 37.1 Å². The lowest BCUT2D eigenvalue weighted by Crippen LogP contribution is -2.27. The Kier molecular flexibility index (Phi) is 5.20.